The standard InChI is InChI=1S/C29H27BrN2O6/c1-35-22-4-2-21(3-5-22)32-10-8-31(9-11-32)15-24-25(33)7-6-23-27(34)26(38-29(23)24)14-18-12-20(30)13-19-16-36-17-37-28(18)19/h2-7,12-14,33H,8-11,15-17H2,1H3/b26-14-. The highest BCUT2D eigenvalue weighted by Crippen LogP contribution is 2.41. The molecule has 9 heteroatoms. The molecule has 0 saturated carbocycles. The van der Waals surface area contributed by atoms with Crippen molar-refractivity contribution in [3.05, 3.63) is 81.0 Å². The molecule has 38 heavy (non-hydrogen) atoms. The molecule has 0 spiro atoms. The Labute approximate surface area is 229 Å². The van der Waals surface area contributed by atoms with Gasteiger partial charge in [0.2, 0.25) is 5.78 Å². The van der Waals surface area contributed by atoms with Crippen molar-refractivity contribution in [1.82, 2.24) is 4.90 Å². The van der Waals surface area contributed by atoms with Crippen LogP contribution in [-0.4, -0.2) is 55.9 Å². The lowest BCUT2D eigenvalue weighted by Gasteiger charge is -2.36. The van der Waals surface area contributed by atoms with Gasteiger partial charge in [-0.25, -0.2) is 0 Å². The number of rotatable bonds is 5. The van der Waals surface area contributed by atoms with Crippen LogP contribution in [0.1, 0.15) is 27.0 Å². The number of carbonyl (C=O) groups excluding carboxylic acids is 1. The Morgan fingerprint density at radius 3 is 2.61 bits per heavy atom. The summed E-state index contributed by atoms with van der Waals surface area (Å²) in [6.45, 7) is 4.41. The Balaban J connectivity index is 1.20. The van der Waals surface area contributed by atoms with Crippen LogP contribution in [0.25, 0.3) is 6.08 Å². The molecule has 196 valence electrons. The van der Waals surface area contributed by atoms with E-state index in [0.29, 0.717) is 35.8 Å². The molecule has 3 aliphatic rings. The number of hydrogen-bond donors (Lipinski definition) is 1. The molecule has 3 aromatic rings. The molecule has 0 unspecified atom stereocenters. The second-order valence-electron chi connectivity index (χ2n) is 9.43. The van der Waals surface area contributed by atoms with E-state index in [2.05, 4.69) is 37.9 Å². The molecule has 0 amide bonds. The molecule has 0 radical (unpaired) electrons. The summed E-state index contributed by atoms with van der Waals surface area (Å²) in [6, 6.07) is 15.1. The summed E-state index contributed by atoms with van der Waals surface area (Å²) in [5, 5.41) is 10.7. The van der Waals surface area contributed by atoms with Crippen molar-refractivity contribution in [2.75, 3.05) is 45.0 Å². The van der Waals surface area contributed by atoms with E-state index in [1.54, 1.807) is 25.3 Å². The quantitative estimate of drug-likeness (QED) is 0.425. The van der Waals surface area contributed by atoms with Crippen LogP contribution in [0.5, 0.6) is 23.0 Å². The van der Waals surface area contributed by atoms with Crippen molar-refractivity contribution in [3.8, 4) is 23.0 Å². The summed E-state index contributed by atoms with van der Waals surface area (Å²) in [5.41, 5.74) is 3.86. The van der Waals surface area contributed by atoms with Gasteiger partial charge in [0.1, 0.15) is 23.0 Å². The molecular formula is C29H27BrN2O6. The van der Waals surface area contributed by atoms with Crippen LogP contribution in [0.4, 0.5) is 5.69 Å². The number of carbonyl (C=O) groups is 1. The number of piperazine rings is 1. The predicted molar refractivity (Wildman–Crippen MR) is 146 cm³/mol. The maximum Gasteiger partial charge on any atom is 0.231 e. The predicted octanol–water partition coefficient (Wildman–Crippen LogP) is 4.97. The van der Waals surface area contributed by atoms with Crippen molar-refractivity contribution >= 4 is 33.5 Å². The number of methoxy groups -OCH3 is 1. The second kappa shape index (κ2) is 10.3. The molecule has 6 rings (SSSR count). The number of ketones is 1. The van der Waals surface area contributed by atoms with E-state index in [9.17, 15) is 9.90 Å². The number of phenols is 1. The smallest absolute Gasteiger partial charge is 0.231 e. The molecule has 1 saturated heterocycles. The fraction of sp³-hybridized carbons (Fsp3) is 0.276. The molecule has 3 aromatic carbocycles. The molecule has 8 nitrogen and oxygen atoms in total. The molecule has 0 atom stereocenters. The van der Waals surface area contributed by atoms with E-state index in [1.165, 1.54) is 0 Å². The van der Waals surface area contributed by atoms with E-state index in [-0.39, 0.29) is 24.1 Å². The van der Waals surface area contributed by atoms with Crippen LogP contribution in [-0.2, 0) is 17.9 Å². The van der Waals surface area contributed by atoms with Gasteiger partial charge < -0.3 is 29.0 Å². The molecule has 0 aliphatic carbocycles. The van der Waals surface area contributed by atoms with Crippen LogP contribution < -0.4 is 19.1 Å². The number of halogens is 1. The van der Waals surface area contributed by atoms with Gasteiger partial charge in [0, 0.05) is 54.0 Å². The zero-order valence-corrected chi connectivity index (χ0v) is 22.5. The molecular weight excluding hydrogens is 552 g/mol. The van der Waals surface area contributed by atoms with Crippen molar-refractivity contribution in [3.63, 3.8) is 0 Å². The highest BCUT2D eigenvalue weighted by atomic mass is 79.9. The molecule has 3 heterocycles. The third kappa shape index (κ3) is 4.73. The van der Waals surface area contributed by atoms with Gasteiger partial charge in [0.05, 0.1) is 24.8 Å². The third-order valence-electron chi connectivity index (χ3n) is 7.10. The van der Waals surface area contributed by atoms with Crippen LogP contribution in [0.3, 0.4) is 0 Å². The van der Waals surface area contributed by atoms with Crippen molar-refractivity contribution < 1.29 is 28.8 Å². The summed E-state index contributed by atoms with van der Waals surface area (Å²) in [7, 11) is 1.66. The number of allylic oxidation sites excluding steroid dienone is 1. The first-order chi connectivity index (χ1) is 18.5. The fourth-order valence-corrected chi connectivity index (χ4v) is 5.61. The number of ether oxygens (including phenoxy) is 4. The minimum Gasteiger partial charge on any atom is -0.507 e. The first-order valence-electron chi connectivity index (χ1n) is 12.4. The number of nitrogens with zero attached hydrogens (tertiary/aromatic N) is 2. The Hall–Kier alpha value is -3.53. The summed E-state index contributed by atoms with van der Waals surface area (Å²) >= 11 is 3.52. The van der Waals surface area contributed by atoms with Gasteiger partial charge in [0.15, 0.2) is 12.6 Å². The largest absolute Gasteiger partial charge is 0.507 e. The van der Waals surface area contributed by atoms with Gasteiger partial charge in [-0.3, -0.25) is 9.69 Å². The van der Waals surface area contributed by atoms with Crippen LogP contribution in [0, 0.1) is 0 Å². The topological polar surface area (TPSA) is 80.7 Å². The van der Waals surface area contributed by atoms with Crippen LogP contribution in [0.15, 0.2) is 58.8 Å². The molecule has 0 aromatic heterocycles. The SMILES string of the molecule is COc1ccc(N2CCN(Cc3c(O)ccc4c3O/C(=C\c3cc(Br)cc5c3OCOC5)C4=O)CC2)cc1. The average Bonchev–Trinajstić information content (AvgIpc) is 3.25. The van der Waals surface area contributed by atoms with Crippen molar-refractivity contribution in [2.45, 2.75) is 13.2 Å². The zero-order chi connectivity index (χ0) is 26.2. The highest BCUT2D eigenvalue weighted by molar-refractivity contribution is 9.10. The Morgan fingerprint density at radius 2 is 1.84 bits per heavy atom. The number of anilines is 1. The number of phenolic OH excluding ortho intramolecular Hbond substituents is 1. The maximum absolute atomic E-state index is 13.3. The van der Waals surface area contributed by atoms with Gasteiger partial charge in [-0.15, -0.1) is 0 Å². The minimum atomic E-state index is -0.216. The maximum atomic E-state index is 13.3. The Morgan fingerprint density at radius 1 is 1.05 bits per heavy atom. The first kappa shape index (κ1) is 24.8. The van der Waals surface area contributed by atoms with Gasteiger partial charge in [-0.2, -0.15) is 0 Å². The number of fused-ring (bicyclic) bond motifs is 2. The van der Waals surface area contributed by atoms with E-state index in [4.69, 9.17) is 18.9 Å². The lowest BCUT2D eigenvalue weighted by molar-refractivity contribution is -0.0165. The fourth-order valence-electron chi connectivity index (χ4n) is 5.09. The summed E-state index contributed by atoms with van der Waals surface area (Å²) < 4.78 is 23.3. The summed E-state index contributed by atoms with van der Waals surface area (Å²) in [5.74, 6) is 2.04. The van der Waals surface area contributed by atoms with E-state index in [0.717, 1.165) is 53.2 Å². The minimum absolute atomic E-state index is 0.121. The van der Waals surface area contributed by atoms with Gasteiger partial charge >= 0.3 is 0 Å². The molecule has 1 fully saturated rings. The van der Waals surface area contributed by atoms with Gasteiger partial charge in [-0.05, 0) is 54.6 Å². The summed E-state index contributed by atoms with van der Waals surface area (Å²) in [6.07, 6.45) is 1.70. The van der Waals surface area contributed by atoms with E-state index < -0.39 is 0 Å². The van der Waals surface area contributed by atoms with Crippen LogP contribution in [0.2, 0.25) is 0 Å². The first-order valence-corrected chi connectivity index (χ1v) is 13.2. The number of aromatic hydroxyl groups is 1. The number of Topliss-reactive ketones (excluding diaryl/α,β-unsaturated/α-hetero) is 1. The molecule has 3 aliphatic heterocycles. The summed E-state index contributed by atoms with van der Waals surface area (Å²) in [4.78, 5) is 17.9. The number of hydrogen-bond acceptors (Lipinski definition) is 8. The lowest BCUT2D eigenvalue weighted by Crippen LogP contribution is -2.46. The zero-order valence-electron chi connectivity index (χ0n) is 20.9. The Kier molecular flexibility index (Phi) is 6.73. The average molecular weight is 579 g/mol. The van der Waals surface area contributed by atoms with Crippen LogP contribution >= 0.6 is 15.9 Å². The van der Waals surface area contributed by atoms with Gasteiger partial charge in [0.25, 0.3) is 0 Å². The number of benzene rings is 3. The van der Waals surface area contributed by atoms with E-state index >= 15 is 0 Å². The highest BCUT2D eigenvalue weighted by Gasteiger charge is 2.33. The van der Waals surface area contributed by atoms with E-state index in [1.807, 2.05) is 24.3 Å². The Bertz CT molecular complexity index is 1410. The lowest BCUT2D eigenvalue weighted by atomic mass is 10.0. The second-order valence-corrected chi connectivity index (χ2v) is 10.4. The molecule has 1 N–H and O–H groups in total. The third-order valence-corrected chi connectivity index (χ3v) is 7.56. The monoisotopic (exact) mass is 578 g/mol. The van der Waals surface area contributed by atoms with Gasteiger partial charge in [-0.1, -0.05) is 15.9 Å². The molecule has 0 bridgehead atoms. The van der Waals surface area contributed by atoms with Crippen molar-refractivity contribution in [2.24, 2.45) is 0 Å². The van der Waals surface area contributed by atoms with Crippen molar-refractivity contribution in [1.29, 1.82) is 0 Å². The normalized spacial score (nSPS) is 18.1.